The molecule has 0 fully saturated rings. The van der Waals surface area contributed by atoms with Gasteiger partial charge in [0, 0.05) is 5.56 Å². The van der Waals surface area contributed by atoms with E-state index >= 15 is 0 Å². The number of benzene rings is 2. The van der Waals surface area contributed by atoms with E-state index in [1.54, 1.807) is 24.4 Å². The van der Waals surface area contributed by atoms with E-state index in [0.717, 1.165) is 22.7 Å². The Balaban J connectivity index is 1.67. The van der Waals surface area contributed by atoms with E-state index in [9.17, 15) is 4.79 Å². The molecule has 27 heavy (non-hydrogen) atoms. The summed E-state index contributed by atoms with van der Waals surface area (Å²) in [6.07, 6.45) is 1.77. The summed E-state index contributed by atoms with van der Waals surface area (Å²) in [6, 6.07) is 18.8. The molecule has 0 unspecified atom stereocenters. The normalized spacial score (nSPS) is 10.5. The Morgan fingerprint density at radius 3 is 2.41 bits per heavy atom. The van der Waals surface area contributed by atoms with Gasteiger partial charge in [0.25, 0.3) is 5.91 Å². The molecular weight excluding hydrogens is 338 g/mol. The van der Waals surface area contributed by atoms with Crippen LogP contribution in [-0.4, -0.2) is 17.0 Å². The first-order valence-electron chi connectivity index (χ1n) is 8.88. The first kappa shape index (κ1) is 18.5. The number of amides is 1. The van der Waals surface area contributed by atoms with Gasteiger partial charge in [-0.05, 0) is 57.2 Å². The maximum atomic E-state index is 12.3. The third-order valence-electron chi connectivity index (χ3n) is 3.85. The number of para-hydroxylation sites is 2. The Hall–Kier alpha value is -3.34. The quantitative estimate of drug-likeness (QED) is 0.635. The molecule has 0 saturated carbocycles. The van der Waals surface area contributed by atoms with Crippen LogP contribution in [0.2, 0.25) is 0 Å². The second-order valence-electron chi connectivity index (χ2n) is 6.54. The van der Waals surface area contributed by atoms with Crippen molar-refractivity contribution < 1.29 is 9.53 Å². The summed E-state index contributed by atoms with van der Waals surface area (Å²) in [5.74, 6) is 1.10. The molecule has 2 aromatic carbocycles. The van der Waals surface area contributed by atoms with E-state index < -0.39 is 0 Å². The summed E-state index contributed by atoms with van der Waals surface area (Å²) in [5.41, 5.74) is 3.39. The van der Waals surface area contributed by atoms with Crippen LogP contribution in [0.25, 0.3) is 0 Å². The molecule has 138 valence electrons. The molecule has 1 amide bonds. The van der Waals surface area contributed by atoms with Gasteiger partial charge in [-0.3, -0.25) is 4.79 Å². The average molecular weight is 361 g/mol. The first-order chi connectivity index (χ1) is 13.0. The zero-order valence-electron chi connectivity index (χ0n) is 15.7. The van der Waals surface area contributed by atoms with Crippen LogP contribution >= 0.6 is 0 Å². The Kier molecular flexibility index (Phi) is 5.71. The van der Waals surface area contributed by atoms with Crippen molar-refractivity contribution in [1.29, 1.82) is 0 Å². The van der Waals surface area contributed by atoms with E-state index in [0.29, 0.717) is 11.4 Å². The van der Waals surface area contributed by atoms with Crippen molar-refractivity contribution in [2.45, 2.75) is 26.9 Å². The number of nitrogens with zero attached hydrogens (tertiary/aromatic N) is 1. The number of carbonyl (C=O) groups is 1. The van der Waals surface area contributed by atoms with Crippen LogP contribution in [0.5, 0.6) is 5.75 Å². The molecule has 1 heterocycles. The first-order valence-corrected chi connectivity index (χ1v) is 8.88. The fraction of sp³-hybridized carbons (Fsp3) is 0.182. The lowest BCUT2D eigenvalue weighted by molar-refractivity contribution is 0.102. The second kappa shape index (κ2) is 8.36. The number of nitrogens with one attached hydrogen (secondary N) is 2. The monoisotopic (exact) mass is 361 g/mol. The lowest BCUT2D eigenvalue weighted by atomic mass is 10.1. The van der Waals surface area contributed by atoms with Crippen LogP contribution < -0.4 is 15.4 Å². The average Bonchev–Trinajstić information content (AvgIpc) is 2.65. The van der Waals surface area contributed by atoms with Crippen LogP contribution in [0.3, 0.4) is 0 Å². The van der Waals surface area contributed by atoms with Gasteiger partial charge in [0.15, 0.2) is 0 Å². The Labute approximate surface area is 159 Å². The topological polar surface area (TPSA) is 63.2 Å². The number of hydrogen-bond acceptors (Lipinski definition) is 4. The van der Waals surface area contributed by atoms with Crippen LogP contribution in [0, 0.1) is 6.92 Å². The molecule has 0 bridgehead atoms. The molecule has 0 aliphatic heterocycles. The molecule has 5 heteroatoms. The number of ether oxygens (including phenoxy) is 1. The highest BCUT2D eigenvalue weighted by atomic mass is 16.5. The minimum Gasteiger partial charge on any atom is -0.489 e. The molecule has 3 rings (SSSR count). The van der Waals surface area contributed by atoms with Crippen molar-refractivity contribution in [3.05, 3.63) is 78.0 Å². The number of rotatable bonds is 6. The highest BCUT2D eigenvalue weighted by Crippen LogP contribution is 2.28. The molecule has 3 aromatic rings. The number of pyridine rings is 1. The van der Waals surface area contributed by atoms with Crippen LogP contribution in [0.4, 0.5) is 17.2 Å². The number of aromatic nitrogens is 1. The highest BCUT2D eigenvalue weighted by molar-refractivity contribution is 6.03. The maximum Gasteiger partial charge on any atom is 0.256 e. The lowest BCUT2D eigenvalue weighted by Gasteiger charge is -2.15. The van der Waals surface area contributed by atoms with Crippen LogP contribution in [0.1, 0.15) is 29.8 Å². The van der Waals surface area contributed by atoms with E-state index in [1.807, 2.05) is 63.2 Å². The second-order valence-corrected chi connectivity index (χ2v) is 6.54. The van der Waals surface area contributed by atoms with Gasteiger partial charge in [-0.2, -0.15) is 0 Å². The van der Waals surface area contributed by atoms with Crippen molar-refractivity contribution in [2.24, 2.45) is 0 Å². The molecule has 0 aliphatic rings. The van der Waals surface area contributed by atoms with Gasteiger partial charge in [0.1, 0.15) is 11.6 Å². The summed E-state index contributed by atoms with van der Waals surface area (Å²) >= 11 is 0. The molecule has 0 saturated heterocycles. The van der Waals surface area contributed by atoms with Crippen LogP contribution in [-0.2, 0) is 0 Å². The van der Waals surface area contributed by atoms with E-state index in [4.69, 9.17) is 4.74 Å². The van der Waals surface area contributed by atoms with E-state index in [1.165, 1.54) is 0 Å². The minimum atomic E-state index is -0.182. The van der Waals surface area contributed by atoms with Crippen molar-refractivity contribution >= 4 is 23.1 Å². The van der Waals surface area contributed by atoms with Gasteiger partial charge in [-0.15, -0.1) is 0 Å². The van der Waals surface area contributed by atoms with Crippen molar-refractivity contribution in [3.8, 4) is 5.75 Å². The fourth-order valence-electron chi connectivity index (χ4n) is 2.52. The third kappa shape index (κ3) is 5.07. The van der Waals surface area contributed by atoms with Gasteiger partial charge in [-0.1, -0.05) is 29.8 Å². The SMILES string of the molecule is Cc1ccc(C(=O)Nc2ccc(Nc3ccccc3OC(C)C)cn2)cc1. The highest BCUT2D eigenvalue weighted by Gasteiger charge is 2.08. The molecule has 0 spiro atoms. The van der Waals surface area contributed by atoms with E-state index in [-0.39, 0.29) is 12.0 Å². The zero-order valence-corrected chi connectivity index (χ0v) is 15.7. The Morgan fingerprint density at radius 2 is 1.74 bits per heavy atom. The molecule has 0 radical (unpaired) electrons. The molecule has 1 aromatic heterocycles. The number of carbonyl (C=O) groups excluding carboxylic acids is 1. The predicted molar refractivity (Wildman–Crippen MR) is 109 cm³/mol. The minimum absolute atomic E-state index is 0.0884. The summed E-state index contributed by atoms with van der Waals surface area (Å²) in [5, 5.41) is 6.10. The number of aryl methyl sites for hydroxylation is 1. The Bertz CT molecular complexity index is 904. The summed E-state index contributed by atoms with van der Waals surface area (Å²) < 4.78 is 5.81. The van der Waals surface area contributed by atoms with Gasteiger partial charge in [0.05, 0.1) is 23.7 Å². The number of hydrogen-bond donors (Lipinski definition) is 2. The lowest BCUT2D eigenvalue weighted by Crippen LogP contribution is -2.12. The maximum absolute atomic E-state index is 12.3. The molecule has 0 aliphatic carbocycles. The largest absolute Gasteiger partial charge is 0.489 e. The van der Waals surface area contributed by atoms with Crippen molar-refractivity contribution in [3.63, 3.8) is 0 Å². The smallest absolute Gasteiger partial charge is 0.256 e. The molecule has 2 N–H and O–H groups in total. The third-order valence-corrected chi connectivity index (χ3v) is 3.85. The van der Waals surface area contributed by atoms with Gasteiger partial charge in [0.2, 0.25) is 0 Å². The summed E-state index contributed by atoms with van der Waals surface area (Å²) in [4.78, 5) is 16.6. The number of anilines is 3. The molecule has 0 atom stereocenters. The van der Waals surface area contributed by atoms with Gasteiger partial charge in [-0.25, -0.2) is 4.98 Å². The zero-order chi connectivity index (χ0) is 19.2. The van der Waals surface area contributed by atoms with Crippen LogP contribution in [0.15, 0.2) is 66.9 Å². The molecular formula is C22H23N3O2. The fourth-order valence-corrected chi connectivity index (χ4v) is 2.52. The van der Waals surface area contributed by atoms with Gasteiger partial charge >= 0.3 is 0 Å². The molecule has 5 nitrogen and oxygen atoms in total. The van der Waals surface area contributed by atoms with Gasteiger partial charge < -0.3 is 15.4 Å². The van der Waals surface area contributed by atoms with Crippen molar-refractivity contribution in [2.75, 3.05) is 10.6 Å². The van der Waals surface area contributed by atoms with E-state index in [2.05, 4.69) is 15.6 Å². The Morgan fingerprint density at radius 1 is 1.00 bits per heavy atom. The predicted octanol–water partition coefficient (Wildman–Crippen LogP) is 5.17. The summed E-state index contributed by atoms with van der Waals surface area (Å²) in [6.45, 7) is 5.97. The summed E-state index contributed by atoms with van der Waals surface area (Å²) in [7, 11) is 0. The van der Waals surface area contributed by atoms with Crippen molar-refractivity contribution in [1.82, 2.24) is 4.98 Å². The standard InChI is InChI=1S/C22H23N3O2/c1-15(2)27-20-7-5-4-6-19(20)24-18-12-13-21(23-14-18)25-22(26)17-10-8-16(3)9-11-17/h4-15,24H,1-3H3,(H,23,25,26).